The van der Waals surface area contributed by atoms with Gasteiger partial charge in [-0.1, -0.05) is 19.8 Å². The summed E-state index contributed by atoms with van der Waals surface area (Å²) < 4.78 is 0. The molecule has 1 unspecified atom stereocenters. The highest BCUT2D eigenvalue weighted by atomic mass is 35.5. The number of carbonyl (C=O) groups is 1. The van der Waals surface area contributed by atoms with E-state index >= 15 is 0 Å². The number of rotatable bonds is 5. The van der Waals surface area contributed by atoms with Gasteiger partial charge < -0.3 is 10.6 Å². The van der Waals surface area contributed by atoms with Crippen LogP contribution in [0, 0.1) is 5.92 Å². The Bertz CT molecular complexity index is 235. The molecule has 0 aromatic heterocycles. The normalized spacial score (nSPS) is 28.6. The van der Waals surface area contributed by atoms with Crippen LogP contribution in [0.3, 0.4) is 0 Å². The van der Waals surface area contributed by atoms with Gasteiger partial charge >= 0.3 is 0 Å². The molecule has 0 spiro atoms. The summed E-state index contributed by atoms with van der Waals surface area (Å²) in [5.74, 6) is 1.13. The molecule has 94 valence electrons. The van der Waals surface area contributed by atoms with Crippen LogP contribution in [-0.4, -0.2) is 24.5 Å². The summed E-state index contributed by atoms with van der Waals surface area (Å²) in [6, 6.07) is 0. The molecule has 4 heteroatoms. The predicted octanol–water partition coefficient (Wildman–Crippen LogP) is 1.86. The molecule has 16 heavy (non-hydrogen) atoms. The third-order valence-electron chi connectivity index (χ3n) is 3.82. The quantitative estimate of drug-likeness (QED) is 0.778. The summed E-state index contributed by atoms with van der Waals surface area (Å²) in [7, 11) is 0. The van der Waals surface area contributed by atoms with E-state index in [0.29, 0.717) is 0 Å². The summed E-state index contributed by atoms with van der Waals surface area (Å²) in [5, 5.41) is 6.45. The van der Waals surface area contributed by atoms with Gasteiger partial charge in [-0.15, -0.1) is 12.4 Å². The number of nitrogens with one attached hydrogen (secondary N) is 2. The fraction of sp³-hybridized carbons (Fsp3) is 0.917. The molecule has 2 fully saturated rings. The summed E-state index contributed by atoms with van der Waals surface area (Å²) in [6.07, 6.45) is 6.94. The molecule has 2 aliphatic rings. The van der Waals surface area contributed by atoms with Crippen molar-refractivity contribution in [3.63, 3.8) is 0 Å². The van der Waals surface area contributed by atoms with E-state index in [1.165, 1.54) is 19.3 Å². The van der Waals surface area contributed by atoms with Crippen molar-refractivity contribution in [1.82, 2.24) is 10.6 Å². The summed E-state index contributed by atoms with van der Waals surface area (Å²) in [6.45, 7) is 3.95. The Morgan fingerprint density at radius 2 is 2.25 bits per heavy atom. The van der Waals surface area contributed by atoms with Crippen molar-refractivity contribution >= 4 is 18.3 Å². The maximum Gasteiger partial charge on any atom is 0.240 e. The first kappa shape index (κ1) is 13.8. The van der Waals surface area contributed by atoms with Crippen LogP contribution >= 0.6 is 12.4 Å². The summed E-state index contributed by atoms with van der Waals surface area (Å²) in [4.78, 5) is 12.0. The molecule has 0 aromatic rings. The van der Waals surface area contributed by atoms with Gasteiger partial charge in [0.1, 0.15) is 0 Å². The van der Waals surface area contributed by atoms with Gasteiger partial charge in [0.05, 0.1) is 5.54 Å². The van der Waals surface area contributed by atoms with Crippen LogP contribution in [0.15, 0.2) is 0 Å². The minimum Gasteiger partial charge on any atom is -0.354 e. The van der Waals surface area contributed by atoms with Crippen molar-refractivity contribution in [1.29, 1.82) is 0 Å². The third kappa shape index (κ3) is 3.11. The maximum absolute atomic E-state index is 12.0. The number of halogens is 1. The number of amides is 1. The Morgan fingerprint density at radius 3 is 2.75 bits per heavy atom. The monoisotopic (exact) mass is 246 g/mol. The highest BCUT2D eigenvalue weighted by molar-refractivity contribution is 5.86. The van der Waals surface area contributed by atoms with Gasteiger partial charge in [0.2, 0.25) is 5.91 Å². The van der Waals surface area contributed by atoms with E-state index in [1.807, 2.05) is 0 Å². The minimum absolute atomic E-state index is 0. The van der Waals surface area contributed by atoms with E-state index in [9.17, 15) is 4.79 Å². The molecule has 1 aliphatic carbocycles. The summed E-state index contributed by atoms with van der Waals surface area (Å²) in [5.41, 5.74) is -0.246. The highest BCUT2D eigenvalue weighted by Crippen LogP contribution is 2.31. The largest absolute Gasteiger partial charge is 0.354 e. The SMILES string of the molecule is CCC1(C(=O)NCCC2CC2)CCCN1.Cl. The number of hydrogen-bond acceptors (Lipinski definition) is 2. The molecule has 3 nitrogen and oxygen atoms in total. The van der Waals surface area contributed by atoms with Gasteiger partial charge in [0.25, 0.3) is 0 Å². The van der Waals surface area contributed by atoms with Crippen LogP contribution < -0.4 is 10.6 Å². The molecule has 1 aliphatic heterocycles. The lowest BCUT2D eigenvalue weighted by atomic mass is 9.93. The second kappa shape index (κ2) is 5.87. The Balaban J connectivity index is 0.00000128. The van der Waals surface area contributed by atoms with E-state index in [-0.39, 0.29) is 23.9 Å². The number of carbonyl (C=O) groups excluding carboxylic acids is 1. The lowest BCUT2D eigenvalue weighted by molar-refractivity contribution is -0.127. The molecule has 1 saturated heterocycles. The maximum atomic E-state index is 12.0. The Hall–Kier alpha value is -0.280. The molecule has 2 N–H and O–H groups in total. The van der Waals surface area contributed by atoms with Gasteiger partial charge in [0.15, 0.2) is 0 Å². The molecule has 0 bridgehead atoms. The summed E-state index contributed by atoms with van der Waals surface area (Å²) >= 11 is 0. The molecule has 1 heterocycles. The lowest BCUT2D eigenvalue weighted by Crippen LogP contribution is -2.53. The molecule has 1 saturated carbocycles. The lowest BCUT2D eigenvalue weighted by Gasteiger charge is -2.26. The van der Waals surface area contributed by atoms with Crippen molar-refractivity contribution < 1.29 is 4.79 Å². The Labute approximate surface area is 104 Å². The van der Waals surface area contributed by atoms with Gasteiger partial charge in [-0.2, -0.15) is 0 Å². The zero-order valence-electron chi connectivity index (χ0n) is 10.1. The molecular formula is C12H23ClN2O. The zero-order chi connectivity index (χ0) is 10.7. The third-order valence-corrected chi connectivity index (χ3v) is 3.82. The van der Waals surface area contributed by atoms with Crippen LogP contribution in [0.25, 0.3) is 0 Å². The van der Waals surface area contributed by atoms with E-state index in [4.69, 9.17) is 0 Å². The Kier molecular flexibility index (Phi) is 5.06. The average Bonchev–Trinajstić information content (AvgIpc) is 2.94. The van der Waals surface area contributed by atoms with Gasteiger partial charge in [-0.25, -0.2) is 0 Å². The van der Waals surface area contributed by atoms with E-state index in [2.05, 4.69) is 17.6 Å². The van der Waals surface area contributed by atoms with E-state index < -0.39 is 0 Å². The predicted molar refractivity (Wildman–Crippen MR) is 67.9 cm³/mol. The van der Waals surface area contributed by atoms with Gasteiger partial charge in [-0.3, -0.25) is 4.79 Å². The van der Waals surface area contributed by atoms with Crippen molar-refractivity contribution in [2.24, 2.45) is 5.92 Å². The van der Waals surface area contributed by atoms with Gasteiger partial charge in [0, 0.05) is 6.54 Å². The first-order valence-corrected chi connectivity index (χ1v) is 6.30. The first-order valence-electron chi connectivity index (χ1n) is 6.30. The van der Waals surface area contributed by atoms with Crippen molar-refractivity contribution in [3.8, 4) is 0 Å². The molecular weight excluding hydrogens is 224 g/mol. The van der Waals surface area contributed by atoms with Crippen LogP contribution in [0.4, 0.5) is 0 Å². The molecule has 2 rings (SSSR count). The fourth-order valence-corrected chi connectivity index (χ4v) is 2.43. The zero-order valence-corrected chi connectivity index (χ0v) is 10.9. The fourth-order valence-electron chi connectivity index (χ4n) is 2.43. The smallest absolute Gasteiger partial charge is 0.240 e. The van der Waals surface area contributed by atoms with Crippen LogP contribution in [0.2, 0.25) is 0 Å². The minimum atomic E-state index is -0.246. The Morgan fingerprint density at radius 1 is 1.50 bits per heavy atom. The van der Waals surface area contributed by atoms with E-state index in [1.54, 1.807) is 0 Å². The van der Waals surface area contributed by atoms with Crippen molar-refractivity contribution in [2.75, 3.05) is 13.1 Å². The first-order chi connectivity index (χ1) is 7.27. The van der Waals surface area contributed by atoms with Crippen LogP contribution in [-0.2, 0) is 4.79 Å². The second-order valence-corrected chi connectivity index (χ2v) is 4.95. The van der Waals surface area contributed by atoms with Gasteiger partial charge in [-0.05, 0) is 38.1 Å². The van der Waals surface area contributed by atoms with E-state index in [0.717, 1.165) is 38.3 Å². The standard InChI is InChI=1S/C12H22N2O.ClH/c1-2-12(7-3-8-14-12)11(15)13-9-6-10-4-5-10;/h10,14H,2-9H2,1H3,(H,13,15);1H. The highest BCUT2D eigenvalue weighted by Gasteiger charge is 2.38. The van der Waals surface area contributed by atoms with Crippen LogP contribution in [0.1, 0.15) is 45.4 Å². The molecule has 1 amide bonds. The van der Waals surface area contributed by atoms with Crippen molar-refractivity contribution in [2.45, 2.75) is 51.0 Å². The molecule has 1 atom stereocenters. The van der Waals surface area contributed by atoms with Crippen LogP contribution in [0.5, 0.6) is 0 Å². The molecule has 0 radical (unpaired) electrons. The molecule has 0 aromatic carbocycles. The number of hydrogen-bond donors (Lipinski definition) is 2. The van der Waals surface area contributed by atoms with Crippen molar-refractivity contribution in [3.05, 3.63) is 0 Å². The topological polar surface area (TPSA) is 41.1 Å². The second-order valence-electron chi connectivity index (χ2n) is 4.95. The average molecular weight is 247 g/mol.